The second-order valence-corrected chi connectivity index (χ2v) is 3.68. The van der Waals surface area contributed by atoms with Crippen LogP contribution in [0.4, 0.5) is 0 Å². The quantitative estimate of drug-likeness (QED) is 0.441. The first-order chi connectivity index (χ1) is 5.91. The largest absolute Gasteiger partial charge is 0.382 e. The van der Waals surface area contributed by atoms with E-state index in [-0.39, 0.29) is 0 Å². The molecule has 0 aliphatic heterocycles. The summed E-state index contributed by atoms with van der Waals surface area (Å²) in [7, 11) is 1.67. The molecule has 3 nitrogen and oxygen atoms in total. The van der Waals surface area contributed by atoms with Crippen LogP contribution in [0.25, 0.3) is 0 Å². The van der Waals surface area contributed by atoms with Crippen molar-refractivity contribution in [3.05, 3.63) is 0 Å². The van der Waals surface area contributed by atoms with Crippen LogP contribution in [-0.4, -0.2) is 38.4 Å². The molecule has 0 aromatic heterocycles. The molecule has 0 aliphatic rings. The minimum absolute atomic E-state index is 0.622. The number of nitrogens with one attached hydrogen (secondary N) is 1. The molecule has 0 aliphatic carbocycles. The Hall–Kier alpha value is 0.230. The van der Waals surface area contributed by atoms with E-state index in [1.807, 2.05) is 11.8 Å². The summed E-state index contributed by atoms with van der Waals surface area (Å²) >= 11 is 1.96. The molecule has 0 heterocycles. The highest BCUT2D eigenvalue weighted by molar-refractivity contribution is 7.99. The van der Waals surface area contributed by atoms with Crippen LogP contribution >= 0.6 is 11.8 Å². The van der Waals surface area contributed by atoms with Gasteiger partial charge in [-0.2, -0.15) is 11.8 Å². The van der Waals surface area contributed by atoms with Crippen LogP contribution in [0.15, 0.2) is 0 Å². The highest BCUT2D eigenvalue weighted by atomic mass is 32.2. The van der Waals surface area contributed by atoms with E-state index < -0.39 is 0 Å². The molecule has 0 aromatic rings. The Balaban J connectivity index is 2.73. The fourth-order valence-electron chi connectivity index (χ4n) is 0.660. The van der Waals surface area contributed by atoms with Crippen molar-refractivity contribution in [3.8, 4) is 0 Å². The van der Waals surface area contributed by atoms with Gasteiger partial charge < -0.3 is 4.74 Å². The molecule has 0 rings (SSSR count). The highest BCUT2D eigenvalue weighted by Crippen LogP contribution is 1.99. The number of methoxy groups -OCH3 is 1. The minimum atomic E-state index is 0.622. The Morgan fingerprint density at radius 1 is 1.33 bits per heavy atom. The third kappa shape index (κ3) is 10.2. The number of hydrogen-bond acceptors (Lipinski definition) is 4. The van der Waals surface area contributed by atoms with Gasteiger partial charge >= 0.3 is 0 Å². The van der Waals surface area contributed by atoms with E-state index >= 15 is 0 Å². The van der Waals surface area contributed by atoms with Crippen molar-refractivity contribution in [2.24, 2.45) is 0 Å². The number of hydroxylamine groups is 1. The van der Waals surface area contributed by atoms with Crippen molar-refractivity contribution in [1.82, 2.24) is 5.48 Å². The van der Waals surface area contributed by atoms with Gasteiger partial charge in [-0.15, -0.1) is 0 Å². The lowest BCUT2D eigenvalue weighted by molar-refractivity contribution is 0.00731. The maximum Gasteiger partial charge on any atom is 0.0915 e. The Morgan fingerprint density at radius 2 is 2.17 bits per heavy atom. The van der Waals surface area contributed by atoms with E-state index in [1.54, 1.807) is 7.11 Å². The van der Waals surface area contributed by atoms with Crippen molar-refractivity contribution >= 4 is 11.8 Å². The maximum atomic E-state index is 5.07. The summed E-state index contributed by atoms with van der Waals surface area (Å²) in [4.78, 5) is 5.07. The summed E-state index contributed by atoms with van der Waals surface area (Å²) in [6, 6.07) is 0. The van der Waals surface area contributed by atoms with Gasteiger partial charge in [0.25, 0.3) is 0 Å². The first-order valence-corrected chi connectivity index (χ1v) is 5.48. The number of thioether (sulfide) groups is 1. The normalized spacial score (nSPS) is 10.5. The van der Waals surface area contributed by atoms with Crippen LogP contribution in [-0.2, 0) is 9.57 Å². The van der Waals surface area contributed by atoms with Crippen molar-refractivity contribution in [1.29, 1.82) is 0 Å². The minimum Gasteiger partial charge on any atom is -0.382 e. The maximum absolute atomic E-state index is 5.07. The molecule has 0 bridgehead atoms. The molecule has 0 radical (unpaired) electrons. The van der Waals surface area contributed by atoms with E-state index in [0.717, 1.165) is 13.0 Å². The summed E-state index contributed by atoms with van der Waals surface area (Å²) in [5.74, 6) is 2.40. The molecule has 1 N–H and O–H groups in total. The Bertz CT molecular complexity index is 73.5. The molecule has 12 heavy (non-hydrogen) atoms. The van der Waals surface area contributed by atoms with Crippen LogP contribution in [0, 0.1) is 0 Å². The summed E-state index contributed by atoms with van der Waals surface area (Å²) in [6.45, 7) is 4.37. The van der Waals surface area contributed by atoms with Crippen LogP contribution in [0.2, 0.25) is 0 Å². The fourth-order valence-corrected chi connectivity index (χ4v) is 1.30. The number of ether oxygens (including phenoxy) is 1. The van der Waals surface area contributed by atoms with Crippen molar-refractivity contribution < 1.29 is 9.57 Å². The molecule has 0 fully saturated rings. The lowest BCUT2D eigenvalue weighted by atomic mass is 10.5. The second kappa shape index (κ2) is 11.2. The van der Waals surface area contributed by atoms with Gasteiger partial charge in [-0.1, -0.05) is 6.92 Å². The van der Waals surface area contributed by atoms with Crippen molar-refractivity contribution in [2.45, 2.75) is 13.3 Å². The van der Waals surface area contributed by atoms with Crippen LogP contribution < -0.4 is 5.48 Å². The van der Waals surface area contributed by atoms with E-state index in [4.69, 9.17) is 9.57 Å². The Morgan fingerprint density at radius 3 is 2.83 bits per heavy atom. The molecule has 0 saturated heterocycles. The molecule has 0 unspecified atom stereocenters. The fraction of sp³-hybridized carbons (Fsp3) is 1.00. The average molecular weight is 193 g/mol. The Kier molecular flexibility index (Phi) is 11.4. The molecular weight excluding hydrogens is 174 g/mol. The van der Waals surface area contributed by atoms with Crippen LogP contribution in [0.1, 0.15) is 13.3 Å². The molecule has 4 heteroatoms. The summed E-state index contributed by atoms with van der Waals surface area (Å²) < 4.78 is 4.82. The van der Waals surface area contributed by atoms with Gasteiger partial charge in [0.2, 0.25) is 0 Å². The monoisotopic (exact) mass is 193 g/mol. The van der Waals surface area contributed by atoms with Crippen molar-refractivity contribution in [3.63, 3.8) is 0 Å². The van der Waals surface area contributed by atoms with Gasteiger partial charge in [0.1, 0.15) is 0 Å². The second-order valence-electron chi connectivity index (χ2n) is 2.29. The van der Waals surface area contributed by atoms with E-state index in [9.17, 15) is 0 Å². The van der Waals surface area contributed by atoms with Gasteiger partial charge in [0.15, 0.2) is 0 Å². The van der Waals surface area contributed by atoms with Gasteiger partial charge in [-0.05, 0) is 17.9 Å². The van der Waals surface area contributed by atoms with Gasteiger partial charge in [0.05, 0.1) is 13.2 Å². The SMILES string of the molecule is CCSCCCNOCCOC. The van der Waals surface area contributed by atoms with E-state index in [2.05, 4.69) is 12.4 Å². The standard InChI is InChI=1S/C8H19NO2S/c1-3-12-8-4-5-9-11-7-6-10-2/h9H,3-8H2,1-2H3. The molecule has 74 valence electrons. The predicted molar refractivity (Wildman–Crippen MR) is 53.4 cm³/mol. The van der Waals surface area contributed by atoms with Crippen LogP contribution in [0.3, 0.4) is 0 Å². The third-order valence-corrected chi connectivity index (χ3v) is 2.25. The van der Waals surface area contributed by atoms with Gasteiger partial charge in [-0.25, -0.2) is 5.48 Å². The lowest BCUT2D eigenvalue weighted by Gasteiger charge is -2.04. The topological polar surface area (TPSA) is 30.5 Å². The zero-order valence-electron chi connectivity index (χ0n) is 7.97. The number of hydrogen-bond donors (Lipinski definition) is 1. The molecule has 0 saturated carbocycles. The predicted octanol–water partition coefficient (Wildman–Crippen LogP) is 1.30. The molecule has 0 atom stereocenters. The lowest BCUT2D eigenvalue weighted by Crippen LogP contribution is -2.19. The van der Waals surface area contributed by atoms with Gasteiger partial charge in [0, 0.05) is 13.7 Å². The summed E-state index contributed by atoms with van der Waals surface area (Å²) in [6.07, 6.45) is 1.16. The Labute approximate surface area is 79.1 Å². The summed E-state index contributed by atoms with van der Waals surface area (Å²) in [5, 5.41) is 0. The number of rotatable bonds is 9. The third-order valence-electron chi connectivity index (χ3n) is 1.26. The average Bonchev–Trinajstić information content (AvgIpc) is 2.10. The zero-order valence-corrected chi connectivity index (χ0v) is 8.78. The zero-order chi connectivity index (χ0) is 9.07. The first-order valence-electron chi connectivity index (χ1n) is 4.33. The van der Waals surface area contributed by atoms with Crippen molar-refractivity contribution in [2.75, 3.05) is 38.4 Å². The van der Waals surface area contributed by atoms with E-state index in [0.29, 0.717) is 13.2 Å². The van der Waals surface area contributed by atoms with E-state index in [1.165, 1.54) is 11.5 Å². The van der Waals surface area contributed by atoms with Gasteiger partial charge in [-0.3, -0.25) is 4.84 Å². The molecule has 0 aromatic carbocycles. The molecular formula is C8H19NO2S. The molecule has 0 spiro atoms. The molecule has 0 amide bonds. The first kappa shape index (κ1) is 12.2. The van der Waals surface area contributed by atoms with Crippen LogP contribution in [0.5, 0.6) is 0 Å². The smallest absolute Gasteiger partial charge is 0.0915 e. The highest BCUT2D eigenvalue weighted by Gasteiger charge is 1.88. The summed E-state index contributed by atoms with van der Waals surface area (Å²) in [5.41, 5.74) is 2.89.